The number of carbonyl (C=O) groups is 1. The van der Waals surface area contributed by atoms with Crippen LogP contribution in [0.1, 0.15) is 21.7 Å². The molecule has 0 saturated heterocycles. The van der Waals surface area contributed by atoms with Crippen molar-refractivity contribution in [3.05, 3.63) is 76.9 Å². The van der Waals surface area contributed by atoms with Gasteiger partial charge in [-0.15, -0.1) is 11.3 Å². The molecule has 2 heterocycles. The molecule has 0 atom stereocenters. The third kappa shape index (κ3) is 4.11. The van der Waals surface area contributed by atoms with Crippen LogP contribution in [0.25, 0.3) is 21.8 Å². The Balaban J connectivity index is 1.48. The standard InChI is InChI=1S/C23H22N4O2S/c1-15-12-21(27(2)26-15)19-6-4-5-7-20(19)22(28)24-13-17-14-30-23(25-17)16-8-10-18(29-3)11-9-16/h4-12,14H,13H2,1-3H3,(H,24,28). The second-order valence-corrected chi connectivity index (χ2v) is 7.75. The van der Waals surface area contributed by atoms with Gasteiger partial charge in [0.25, 0.3) is 5.91 Å². The van der Waals surface area contributed by atoms with E-state index in [1.165, 1.54) is 0 Å². The highest BCUT2D eigenvalue weighted by Gasteiger charge is 2.16. The summed E-state index contributed by atoms with van der Waals surface area (Å²) in [7, 11) is 3.53. The lowest BCUT2D eigenvalue weighted by molar-refractivity contribution is 0.0951. The Bertz CT molecular complexity index is 1180. The van der Waals surface area contributed by atoms with Crippen molar-refractivity contribution in [1.82, 2.24) is 20.1 Å². The molecular formula is C23H22N4O2S. The van der Waals surface area contributed by atoms with Crippen molar-refractivity contribution in [2.24, 2.45) is 7.05 Å². The van der Waals surface area contributed by atoms with E-state index in [0.29, 0.717) is 12.1 Å². The SMILES string of the molecule is COc1ccc(-c2nc(CNC(=O)c3ccccc3-c3cc(C)nn3C)cs2)cc1. The van der Waals surface area contributed by atoms with Crippen LogP contribution in [0.3, 0.4) is 0 Å². The van der Waals surface area contributed by atoms with Gasteiger partial charge in [-0.25, -0.2) is 4.98 Å². The zero-order valence-corrected chi connectivity index (χ0v) is 17.9. The van der Waals surface area contributed by atoms with Crippen LogP contribution in [0, 0.1) is 6.92 Å². The number of hydrogen-bond donors (Lipinski definition) is 1. The Labute approximate surface area is 179 Å². The van der Waals surface area contributed by atoms with Gasteiger partial charge in [0, 0.05) is 29.1 Å². The summed E-state index contributed by atoms with van der Waals surface area (Å²) < 4.78 is 6.99. The minimum Gasteiger partial charge on any atom is -0.497 e. The normalized spacial score (nSPS) is 10.8. The fourth-order valence-corrected chi connectivity index (χ4v) is 4.11. The van der Waals surface area contributed by atoms with Gasteiger partial charge >= 0.3 is 0 Å². The van der Waals surface area contributed by atoms with Gasteiger partial charge in [0.1, 0.15) is 10.8 Å². The van der Waals surface area contributed by atoms with Crippen molar-refractivity contribution >= 4 is 17.2 Å². The number of carbonyl (C=O) groups excluding carboxylic acids is 1. The van der Waals surface area contributed by atoms with Crippen LogP contribution < -0.4 is 10.1 Å². The molecular weight excluding hydrogens is 396 g/mol. The molecule has 0 spiro atoms. The number of thiazole rings is 1. The Hall–Kier alpha value is -3.45. The van der Waals surface area contributed by atoms with E-state index < -0.39 is 0 Å². The number of ether oxygens (including phenoxy) is 1. The first-order valence-corrected chi connectivity index (χ1v) is 10.4. The summed E-state index contributed by atoms with van der Waals surface area (Å²) in [6.07, 6.45) is 0. The first-order valence-electron chi connectivity index (χ1n) is 9.52. The highest BCUT2D eigenvalue weighted by Crippen LogP contribution is 2.26. The van der Waals surface area contributed by atoms with Gasteiger partial charge in [-0.2, -0.15) is 5.10 Å². The van der Waals surface area contributed by atoms with Gasteiger partial charge in [-0.1, -0.05) is 18.2 Å². The fourth-order valence-electron chi connectivity index (χ4n) is 3.29. The third-order valence-electron chi connectivity index (χ3n) is 4.77. The summed E-state index contributed by atoms with van der Waals surface area (Å²) in [4.78, 5) is 17.5. The molecule has 30 heavy (non-hydrogen) atoms. The molecule has 7 heteroatoms. The molecule has 0 fully saturated rings. The lowest BCUT2D eigenvalue weighted by Gasteiger charge is -2.10. The van der Waals surface area contributed by atoms with E-state index >= 15 is 0 Å². The van der Waals surface area contributed by atoms with Gasteiger partial charge in [0.15, 0.2) is 0 Å². The number of hydrogen-bond acceptors (Lipinski definition) is 5. The summed E-state index contributed by atoms with van der Waals surface area (Å²) >= 11 is 1.55. The second-order valence-electron chi connectivity index (χ2n) is 6.90. The van der Waals surface area contributed by atoms with Gasteiger partial charge in [-0.05, 0) is 43.3 Å². The van der Waals surface area contributed by atoms with Crippen LogP contribution in [0.4, 0.5) is 0 Å². The average Bonchev–Trinajstić information content (AvgIpc) is 3.38. The Morgan fingerprint density at radius 1 is 1.17 bits per heavy atom. The van der Waals surface area contributed by atoms with Crippen LogP contribution in [-0.4, -0.2) is 27.8 Å². The predicted octanol–water partition coefficient (Wildman–Crippen LogP) is 4.46. The molecule has 0 unspecified atom stereocenters. The van der Waals surface area contributed by atoms with E-state index in [9.17, 15) is 4.79 Å². The number of amides is 1. The van der Waals surface area contributed by atoms with Crippen molar-refractivity contribution in [3.63, 3.8) is 0 Å². The van der Waals surface area contributed by atoms with Crippen molar-refractivity contribution in [1.29, 1.82) is 0 Å². The number of nitrogens with one attached hydrogen (secondary N) is 1. The quantitative estimate of drug-likeness (QED) is 0.502. The number of benzene rings is 2. The Kier molecular flexibility index (Phi) is 5.63. The van der Waals surface area contributed by atoms with Crippen molar-refractivity contribution in [2.75, 3.05) is 7.11 Å². The van der Waals surface area contributed by atoms with Gasteiger partial charge in [0.2, 0.25) is 0 Å². The molecule has 1 N–H and O–H groups in total. The highest BCUT2D eigenvalue weighted by molar-refractivity contribution is 7.13. The van der Waals surface area contributed by atoms with Crippen LogP contribution in [0.5, 0.6) is 5.75 Å². The third-order valence-corrected chi connectivity index (χ3v) is 5.71. The van der Waals surface area contributed by atoms with E-state index in [2.05, 4.69) is 15.4 Å². The highest BCUT2D eigenvalue weighted by atomic mass is 32.1. The summed E-state index contributed by atoms with van der Waals surface area (Å²) in [5.41, 5.74) is 5.15. The molecule has 2 aromatic heterocycles. The number of rotatable bonds is 6. The molecule has 0 bridgehead atoms. The van der Waals surface area contributed by atoms with Crippen LogP contribution in [-0.2, 0) is 13.6 Å². The second kappa shape index (κ2) is 8.51. The Morgan fingerprint density at radius 2 is 1.93 bits per heavy atom. The number of aromatic nitrogens is 3. The summed E-state index contributed by atoms with van der Waals surface area (Å²) in [6, 6.07) is 17.3. The Morgan fingerprint density at radius 3 is 2.63 bits per heavy atom. The van der Waals surface area contributed by atoms with Crippen LogP contribution in [0.2, 0.25) is 0 Å². The minimum absolute atomic E-state index is 0.136. The summed E-state index contributed by atoms with van der Waals surface area (Å²) in [5, 5.41) is 10.3. The maximum Gasteiger partial charge on any atom is 0.252 e. The first kappa shape index (κ1) is 19.8. The molecule has 152 valence electrons. The molecule has 0 aliphatic carbocycles. The monoisotopic (exact) mass is 418 g/mol. The lowest BCUT2D eigenvalue weighted by Crippen LogP contribution is -2.23. The van der Waals surface area contributed by atoms with Crippen molar-refractivity contribution in [3.8, 4) is 27.6 Å². The molecule has 1 amide bonds. The summed E-state index contributed by atoms with van der Waals surface area (Å²) in [6.45, 7) is 2.30. The van der Waals surface area contributed by atoms with E-state index in [1.807, 2.05) is 73.9 Å². The molecule has 4 aromatic rings. The molecule has 0 saturated carbocycles. The van der Waals surface area contributed by atoms with E-state index in [0.717, 1.165) is 39.0 Å². The molecule has 6 nitrogen and oxygen atoms in total. The number of methoxy groups -OCH3 is 1. The molecule has 0 radical (unpaired) electrons. The smallest absolute Gasteiger partial charge is 0.252 e. The molecule has 0 aliphatic rings. The zero-order valence-electron chi connectivity index (χ0n) is 17.0. The molecule has 0 aliphatic heterocycles. The molecule has 4 rings (SSSR count). The van der Waals surface area contributed by atoms with Gasteiger partial charge in [0.05, 0.1) is 30.7 Å². The van der Waals surface area contributed by atoms with E-state index in [1.54, 1.807) is 23.1 Å². The zero-order chi connectivity index (χ0) is 21.1. The van der Waals surface area contributed by atoms with E-state index in [-0.39, 0.29) is 5.91 Å². The summed E-state index contributed by atoms with van der Waals surface area (Å²) in [5.74, 6) is 0.675. The first-order chi connectivity index (χ1) is 14.5. The average molecular weight is 419 g/mol. The number of nitrogens with zero attached hydrogens (tertiary/aromatic N) is 3. The number of aryl methyl sites for hydroxylation is 2. The minimum atomic E-state index is -0.136. The molecule has 2 aromatic carbocycles. The van der Waals surface area contributed by atoms with Crippen molar-refractivity contribution in [2.45, 2.75) is 13.5 Å². The maximum atomic E-state index is 12.9. The van der Waals surface area contributed by atoms with Crippen LogP contribution >= 0.6 is 11.3 Å². The maximum absolute atomic E-state index is 12.9. The van der Waals surface area contributed by atoms with Gasteiger partial charge < -0.3 is 10.1 Å². The van der Waals surface area contributed by atoms with Gasteiger partial charge in [-0.3, -0.25) is 9.48 Å². The van der Waals surface area contributed by atoms with E-state index in [4.69, 9.17) is 4.74 Å². The largest absolute Gasteiger partial charge is 0.497 e. The van der Waals surface area contributed by atoms with Crippen molar-refractivity contribution < 1.29 is 9.53 Å². The predicted molar refractivity (Wildman–Crippen MR) is 119 cm³/mol. The lowest BCUT2D eigenvalue weighted by atomic mass is 10.0. The van der Waals surface area contributed by atoms with Crippen LogP contribution in [0.15, 0.2) is 60.0 Å². The fraction of sp³-hybridized carbons (Fsp3) is 0.174. The topological polar surface area (TPSA) is 69.0 Å².